The van der Waals surface area contributed by atoms with Crippen LogP contribution >= 0.6 is 11.8 Å². The first-order valence-electron chi connectivity index (χ1n) is 9.71. The van der Waals surface area contributed by atoms with Crippen molar-refractivity contribution in [1.82, 2.24) is 14.7 Å². The van der Waals surface area contributed by atoms with Gasteiger partial charge in [0.05, 0.1) is 16.5 Å². The molecule has 1 atom stereocenters. The molecule has 4 rings (SSSR count). The maximum absolute atomic E-state index is 12.7. The van der Waals surface area contributed by atoms with Gasteiger partial charge in [0.15, 0.2) is 5.16 Å². The van der Waals surface area contributed by atoms with E-state index in [0.717, 1.165) is 0 Å². The third-order valence-corrected chi connectivity index (χ3v) is 7.69. The third kappa shape index (κ3) is 4.28. The van der Waals surface area contributed by atoms with E-state index in [2.05, 4.69) is 20.2 Å². The van der Waals surface area contributed by atoms with Crippen LogP contribution in [0.25, 0.3) is 0 Å². The van der Waals surface area contributed by atoms with Crippen molar-refractivity contribution in [3.8, 4) is 0 Å². The molecule has 3 heterocycles. The number of benzene rings is 1. The molecule has 0 aliphatic carbocycles. The Bertz CT molecular complexity index is 1350. The summed E-state index contributed by atoms with van der Waals surface area (Å²) in [6, 6.07) is 5.79. The van der Waals surface area contributed by atoms with Gasteiger partial charge in [-0.2, -0.15) is 0 Å². The minimum atomic E-state index is -3.88. The Hall–Kier alpha value is -3.12. The first-order chi connectivity index (χ1) is 15.2. The van der Waals surface area contributed by atoms with Crippen molar-refractivity contribution < 1.29 is 17.7 Å². The lowest BCUT2D eigenvalue weighted by Crippen LogP contribution is -2.37. The van der Waals surface area contributed by atoms with Gasteiger partial charge in [0, 0.05) is 35.3 Å². The second-order valence-electron chi connectivity index (χ2n) is 7.49. The summed E-state index contributed by atoms with van der Waals surface area (Å²) in [5.41, 5.74) is 2.02. The van der Waals surface area contributed by atoms with Crippen LogP contribution in [-0.4, -0.2) is 34.8 Å². The molecule has 0 spiro atoms. The molecule has 0 saturated heterocycles. The summed E-state index contributed by atoms with van der Waals surface area (Å²) in [5, 5.41) is 7.12. The van der Waals surface area contributed by atoms with Crippen LogP contribution in [0.5, 0.6) is 0 Å². The van der Waals surface area contributed by atoms with Gasteiger partial charge in [-0.05, 0) is 45.0 Å². The number of carbonyl (C=O) groups is 1. The molecule has 1 aliphatic rings. The van der Waals surface area contributed by atoms with E-state index in [-0.39, 0.29) is 28.8 Å². The van der Waals surface area contributed by atoms with E-state index in [0.29, 0.717) is 33.4 Å². The van der Waals surface area contributed by atoms with E-state index >= 15 is 0 Å². The molecule has 2 aromatic heterocycles. The lowest BCUT2D eigenvalue weighted by molar-refractivity contribution is -0.119. The molecule has 168 valence electrons. The first-order valence-corrected chi connectivity index (χ1v) is 12.2. The molecule has 1 aliphatic heterocycles. The quantitative estimate of drug-likeness (QED) is 0.537. The number of carbonyl (C=O) groups excluding carboxylic acids is 1. The van der Waals surface area contributed by atoms with Crippen LogP contribution in [0.2, 0.25) is 0 Å². The van der Waals surface area contributed by atoms with Gasteiger partial charge in [0.2, 0.25) is 11.8 Å². The highest BCUT2D eigenvalue weighted by atomic mass is 32.2. The Morgan fingerprint density at radius 1 is 1.22 bits per heavy atom. The predicted molar refractivity (Wildman–Crippen MR) is 119 cm³/mol. The van der Waals surface area contributed by atoms with E-state index in [9.17, 15) is 18.0 Å². The number of thioether (sulfide) groups is 1. The number of hydrogen-bond acceptors (Lipinski definition) is 8. The number of nitrogens with zero attached hydrogens (tertiary/aromatic N) is 3. The van der Waals surface area contributed by atoms with Crippen molar-refractivity contribution >= 4 is 39.3 Å². The Morgan fingerprint density at radius 2 is 1.94 bits per heavy atom. The van der Waals surface area contributed by atoms with E-state index in [1.807, 2.05) is 0 Å². The number of rotatable bonds is 5. The first kappa shape index (κ1) is 22.1. The van der Waals surface area contributed by atoms with Crippen molar-refractivity contribution in [3.63, 3.8) is 0 Å². The van der Waals surface area contributed by atoms with Gasteiger partial charge in [0.1, 0.15) is 0 Å². The smallest absolute Gasteiger partial charge is 0.264 e. The summed E-state index contributed by atoms with van der Waals surface area (Å²) in [4.78, 5) is 29.3. The van der Waals surface area contributed by atoms with Gasteiger partial charge in [-0.15, -0.1) is 0 Å². The maximum Gasteiger partial charge on any atom is 0.264 e. The number of hydrogen-bond donors (Lipinski definition) is 2. The Balaban J connectivity index is 1.44. The monoisotopic (exact) mass is 475 g/mol. The van der Waals surface area contributed by atoms with Crippen LogP contribution in [0.15, 0.2) is 49.8 Å². The molecule has 32 heavy (non-hydrogen) atoms. The summed E-state index contributed by atoms with van der Waals surface area (Å²) in [6.45, 7) is 5.35. The molecule has 0 saturated carbocycles. The van der Waals surface area contributed by atoms with Gasteiger partial charge in [-0.1, -0.05) is 16.9 Å². The summed E-state index contributed by atoms with van der Waals surface area (Å²) in [6.07, 6.45) is 1.54. The summed E-state index contributed by atoms with van der Waals surface area (Å²) >= 11 is 1.36. The van der Waals surface area contributed by atoms with Crippen molar-refractivity contribution in [3.05, 3.63) is 57.6 Å². The lowest BCUT2D eigenvalue weighted by Gasteiger charge is -2.24. The molecule has 0 radical (unpaired) electrons. The number of aromatic nitrogens is 3. The molecule has 2 N–H and O–H groups in total. The van der Waals surface area contributed by atoms with Crippen molar-refractivity contribution in [2.24, 2.45) is 5.92 Å². The third-order valence-electron chi connectivity index (χ3n) is 5.19. The molecule has 1 aromatic carbocycles. The lowest BCUT2D eigenvalue weighted by atomic mass is 10.1. The zero-order chi connectivity index (χ0) is 23.0. The molecular weight excluding hydrogens is 454 g/mol. The number of nitrogens with one attached hydrogen (secondary N) is 2. The summed E-state index contributed by atoms with van der Waals surface area (Å²) in [7, 11) is -3.88. The van der Waals surface area contributed by atoms with Crippen LogP contribution in [0, 0.1) is 26.7 Å². The molecule has 1 amide bonds. The highest BCUT2D eigenvalue weighted by Gasteiger charge is 2.27. The van der Waals surface area contributed by atoms with E-state index < -0.39 is 15.9 Å². The topological polar surface area (TPSA) is 136 Å². The Kier molecular flexibility index (Phi) is 5.82. The highest BCUT2D eigenvalue weighted by molar-refractivity contribution is 7.99. The minimum absolute atomic E-state index is 0.0132. The van der Waals surface area contributed by atoms with E-state index in [1.54, 1.807) is 20.8 Å². The molecule has 3 aromatic rings. The number of amides is 1. The summed E-state index contributed by atoms with van der Waals surface area (Å²) < 4.78 is 34.1. The van der Waals surface area contributed by atoms with E-state index in [1.165, 1.54) is 46.8 Å². The molecule has 0 bridgehead atoms. The van der Waals surface area contributed by atoms with Crippen molar-refractivity contribution in [1.29, 1.82) is 0 Å². The number of fused-ring (bicyclic) bond motifs is 1. The van der Waals surface area contributed by atoms with Crippen LogP contribution in [0.3, 0.4) is 0 Å². The average Bonchev–Trinajstić information content (AvgIpc) is 3.08. The Labute approximate surface area is 188 Å². The Morgan fingerprint density at radius 3 is 2.59 bits per heavy atom. The molecule has 10 nitrogen and oxygen atoms in total. The number of sulfonamides is 1. The molecule has 0 fully saturated rings. The van der Waals surface area contributed by atoms with Gasteiger partial charge in [-0.3, -0.25) is 14.2 Å². The zero-order valence-corrected chi connectivity index (χ0v) is 19.2. The van der Waals surface area contributed by atoms with Crippen molar-refractivity contribution in [2.45, 2.75) is 37.4 Å². The zero-order valence-electron chi connectivity index (χ0n) is 17.6. The average molecular weight is 476 g/mol. The fourth-order valence-corrected chi connectivity index (χ4v) is 5.21. The second kappa shape index (κ2) is 8.43. The van der Waals surface area contributed by atoms with Crippen LogP contribution in [-0.2, 0) is 21.4 Å². The SMILES string of the molecule is Cc1noc(NS(=O)(=O)c2ccc(NC(=O)C3CSc4ncc(C)c(=O)n4C3)cc2)c1C. The maximum atomic E-state index is 12.7. The standard InChI is InChI=1S/C20H21N5O5S2/c1-11-8-21-20-25(19(11)27)9-14(10-31-20)17(26)22-15-4-6-16(7-5-15)32(28,29)24-18-12(2)13(3)23-30-18/h4-8,14,24H,9-10H2,1-3H3,(H,22,26). The van der Waals surface area contributed by atoms with Crippen LogP contribution < -0.4 is 15.6 Å². The van der Waals surface area contributed by atoms with Gasteiger partial charge in [0.25, 0.3) is 15.6 Å². The normalized spacial score (nSPS) is 15.8. The highest BCUT2D eigenvalue weighted by Crippen LogP contribution is 2.26. The fraction of sp³-hybridized carbons (Fsp3) is 0.300. The fourth-order valence-electron chi connectivity index (χ4n) is 3.11. The molecular formula is C20H21N5O5S2. The van der Waals surface area contributed by atoms with E-state index in [4.69, 9.17) is 4.52 Å². The number of aryl methyl sites for hydroxylation is 2. The minimum Gasteiger partial charge on any atom is -0.337 e. The molecule has 1 unspecified atom stereocenters. The second-order valence-corrected chi connectivity index (χ2v) is 10.2. The van der Waals surface area contributed by atoms with Crippen LogP contribution in [0.4, 0.5) is 11.6 Å². The number of anilines is 2. The largest absolute Gasteiger partial charge is 0.337 e. The molecule has 12 heteroatoms. The van der Waals surface area contributed by atoms with Gasteiger partial charge < -0.3 is 9.84 Å². The van der Waals surface area contributed by atoms with Crippen molar-refractivity contribution in [2.75, 3.05) is 15.8 Å². The van der Waals surface area contributed by atoms with Gasteiger partial charge in [-0.25, -0.2) is 18.1 Å². The predicted octanol–water partition coefficient (Wildman–Crippen LogP) is 2.32. The summed E-state index contributed by atoms with van der Waals surface area (Å²) in [5.74, 6) is -0.113. The van der Waals surface area contributed by atoms with Crippen LogP contribution in [0.1, 0.15) is 16.8 Å². The van der Waals surface area contributed by atoms with Gasteiger partial charge >= 0.3 is 0 Å².